The molecule has 4 rings (SSSR count). The first-order chi connectivity index (χ1) is 17.2. The first-order valence-corrected chi connectivity index (χ1v) is 11.5. The molecule has 1 heterocycles. The summed E-state index contributed by atoms with van der Waals surface area (Å²) in [4.78, 5) is 51.6. The molecular formula is C25H20Cl2N4O5. The molecule has 0 fully saturated rings. The summed E-state index contributed by atoms with van der Waals surface area (Å²) < 4.78 is 0. The number of anilines is 3. The summed E-state index contributed by atoms with van der Waals surface area (Å²) in [6.45, 7) is 1.33. The zero-order valence-electron chi connectivity index (χ0n) is 18.8. The highest BCUT2D eigenvalue weighted by Crippen LogP contribution is 2.39. The van der Waals surface area contributed by atoms with Gasteiger partial charge in [-0.15, -0.1) is 0 Å². The van der Waals surface area contributed by atoms with Crippen molar-refractivity contribution in [2.24, 2.45) is 0 Å². The van der Waals surface area contributed by atoms with E-state index in [0.29, 0.717) is 22.0 Å². The highest BCUT2D eigenvalue weighted by Gasteiger charge is 2.38. The average Bonchev–Trinajstić information content (AvgIpc) is 2.85. The molecule has 0 saturated heterocycles. The summed E-state index contributed by atoms with van der Waals surface area (Å²) >= 11 is 12.0. The molecule has 0 bridgehead atoms. The van der Waals surface area contributed by atoms with Crippen molar-refractivity contribution in [3.63, 3.8) is 0 Å². The Balaban J connectivity index is 1.73. The van der Waals surface area contributed by atoms with Gasteiger partial charge in [0, 0.05) is 11.3 Å². The summed E-state index contributed by atoms with van der Waals surface area (Å²) in [5.74, 6) is -2.32. The third-order valence-electron chi connectivity index (χ3n) is 5.51. The third-order valence-corrected chi connectivity index (χ3v) is 6.24. The van der Waals surface area contributed by atoms with Crippen LogP contribution in [0.15, 0.2) is 66.7 Å². The number of benzene rings is 3. The molecule has 3 aromatic rings. The molecule has 1 aliphatic rings. The standard InChI is InChI=1S/C25H20Cl2N4O5/c1-13(24(34)35)28-22(32)15-7-10-20-19(11-15)30-23(33)21(14-5-3-2-4-6-14)31(20)25(36)29-16-8-9-17(26)18(27)12-16/h2-13,21H,1H3,(H,28,32)(H,29,36)(H,30,33)(H,34,35). The Morgan fingerprint density at radius 3 is 2.39 bits per heavy atom. The number of carbonyl (C=O) groups excluding carboxylic acids is 3. The second kappa shape index (κ2) is 10.3. The topological polar surface area (TPSA) is 128 Å². The van der Waals surface area contributed by atoms with E-state index >= 15 is 0 Å². The molecule has 3 aromatic carbocycles. The van der Waals surface area contributed by atoms with Gasteiger partial charge in [-0.1, -0.05) is 53.5 Å². The lowest BCUT2D eigenvalue weighted by molar-refractivity contribution is -0.138. The van der Waals surface area contributed by atoms with Crippen LogP contribution in [0.3, 0.4) is 0 Å². The fourth-order valence-electron chi connectivity index (χ4n) is 3.71. The smallest absolute Gasteiger partial charge is 0.327 e. The number of halogens is 2. The average molecular weight is 527 g/mol. The van der Waals surface area contributed by atoms with E-state index in [4.69, 9.17) is 28.3 Å². The summed E-state index contributed by atoms with van der Waals surface area (Å²) in [5.41, 5.74) is 1.61. The van der Waals surface area contributed by atoms with Gasteiger partial charge < -0.3 is 21.1 Å². The molecule has 0 aliphatic carbocycles. The number of aliphatic carboxylic acids is 1. The highest BCUT2D eigenvalue weighted by atomic mass is 35.5. The van der Waals surface area contributed by atoms with Crippen LogP contribution < -0.4 is 20.9 Å². The molecule has 4 amide bonds. The van der Waals surface area contributed by atoms with Gasteiger partial charge in [-0.25, -0.2) is 4.79 Å². The van der Waals surface area contributed by atoms with Crippen LogP contribution in [0.1, 0.15) is 28.9 Å². The normalized spacial score (nSPS) is 15.4. The Labute approximate surface area is 216 Å². The molecule has 36 heavy (non-hydrogen) atoms. The van der Waals surface area contributed by atoms with E-state index in [1.807, 2.05) is 0 Å². The number of rotatable bonds is 5. The van der Waals surface area contributed by atoms with Gasteiger partial charge in [0.15, 0.2) is 0 Å². The van der Waals surface area contributed by atoms with Crippen molar-refractivity contribution in [1.82, 2.24) is 5.32 Å². The van der Waals surface area contributed by atoms with Crippen LogP contribution in [0.25, 0.3) is 0 Å². The number of fused-ring (bicyclic) bond motifs is 1. The number of urea groups is 1. The van der Waals surface area contributed by atoms with Crippen LogP contribution in [-0.2, 0) is 9.59 Å². The van der Waals surface area contributed by atoms with Gasteiger partial charge in [0.05, 0.1) is 21.4 Å². The maximum atomic E-state index is 13.5. The number of carboxylic acid groups (broad SMARTS) is 1. The Morgan fingerprint density at radius 1 is 1.00 bits per heavy atom. The van der Waals surface area contributed by atoms with Crippen molar-refractivity contribution in [2.75, 3.05) is 15.5 Å². The zero-order valence-corrected chi connectivity index (χ0v) is 20.3. The zero-order chi connectivity index (χ0) is 26.0. The number of nitrogens with zero attached hydrogens (tertiary/aromatic N) is 1. The number of hydrogen-bond donors (Lipinski definition) is 4. The van der Waals surface area contributed by atoms with Crippen molar-refractivity contribution < 1.29 is 24.3 Å². The van der Waals surface area contributed by atoms with E-state index in [1.165, 1.54) is 42.2 Å². The second-order valence-corrected chi connectivity index (χ2v) is 8.81. The molecular weight excluding hydrogens is 507 g/mol. The van der Waals surface area contributed by atoms with E-state index in [1.54, 1.807) is 36.4 Å². The highest BCUT2D eigenvalue weighted by molar-refractivity contribution is 6.42. The Hall–Kier alpha value is -4.08. The lowest BCUT2D eigenvalue weighted by Crippen LogP contribution is -2.47. The Bertz CT molecular complexity index is 1370. The molecule has 0 saturated carbocycles. The molecule has 2 unspecified atom stereocenters. The van der Waals surface area contributed by atoms with Crippen molar-refractivity contribution in [1.29, 1.82) is 0 Å². The van der Waals surface area contributed by atoms with Gasteiger partial charge in [0.2, 0.25) is 0 Å². The van der Waals surface area contributed by atoms with E-state index in [9.17, 15) is 19.2 Å². The summed E-state index contributed by atoms with van der Waals surface area (Å²) in [6, 6.07) is 15.0. The Morgan fingerprint density at radius 2 is 1.72 bits per heavy atom. The van der Waals surface area contributed by atoms with E-state index < -0.39 is 35.9 Å². The van der Waals surface area contributed by atoms with Gasteiger partial charge in [0.25, 0.3) is 11.8 Å². The second-order valence-electron chi connectivity index (χ2n) is 8.00. The molecule has 2 atom stereocenters. The van der Waals surface area contributed by atoms with Crippen LogP contribution in [0, 0.1) is 0 Å². The van der Waals surface area contributed by atoms with E-state index in [0.717, 1.165) is 0 Å². The first kappa shape index (κ1) is 25.0. The maximum absolute atomic E-state index is 13.5. The van der Waals surface area contributed by atoms with E-state index in [-0.39, 0.29) is 16.3 Å². The van der Waals surface area contributed by atoms with Crippen LogP contribution in [0.4, 0.5) is 21.9 Å². The fourth-order valence-corrected chi connectivity index (χ4v) is 4.00. The van der Waals surface area contributed by atoms with Crippen molar-refractivity contribution in [2.45, 2.75) is 19.0 Å². The molecule has 0 aromatic heterocycles. The van der Waals surface area contributed by atoms with Gasteiger partial charge in [-0.3, -0.25) is 19.3 Å². The van der Waals surface area contributed by atoms with Gasteiger partial charge in [-0.05, 0) is 48.9 Å². The predicted octanol–water partition coefficient (Wildman–Crippen LogP) is 4.93. The fraction of sp³-hybridized carbons (Fsp3) is 0.120. The summed E-state index contributed by atoms with van der Waals surface area (Å²) in [5, 5.41) is 17.5. The number of carboxylic acids is 1. The first-order valence-electron chi connectivity index (χ1n) is 10.7. The molecule has 0 radical (unpaired) electrons. The minimum absolute atomic E-state index is 0.116. The predicted molar refractivity (Wildman–Crippen MR) is 137 cm³/mol. The number of hydrogen-bond acceptors (Lipinski definition) is 4. The molecule has 0 spiro atoms. The van der Waals surface area contributed by atoms with Crippen molar-refractivity contribution in [3.05, 3.63) is 87.9 Å². The minimum atomic E-state index is -1.19. The van der Waals surface area contributed by atoms with Gasteiger partial charge in [0.1, 0.15) is 12.1 Å². The van der Waals surface area contributed by atoms with Crippen LogP contribution >= 0.6 is 23.2 Å². The molecule has 11 heteroatoms. The van der Waals surface area contributed by atoms with Crippen LogP contribution in [0.2, 0.25) is 10.0 Å². The number of amides is 4. The molecule has 4 N–H and O–H groups in total. The largest absolute Gasteiger partial charge is 0.480 e. The van der Waals surface area contributed by atoms with Crippen LogP contribution in [0.5, 0.6) is 0 Å². The lowest BCUT2D eigenvalue weighted by Gasteiger charge is -2.36. The minimum Gasteiger partial charge on any atom is -0.480 e. The van der Waals surface area contributed by atoms with Crippen molar-refractivity contribution >= 4 is 64.1 Å². The monoisotopic (exact) mass is 526 g/mol. The van der Waals surface area contributed by atoms with Gasteiger partial charge in [-0.2, -0.15) is 0 Å². The van der Waals surface area contributed by atoms with Crippen LogP contribution in [-0.4, -0.2) is 35.0 Å². The quantitative estimate of drug-likeness (QED) is 0.374. The van der Waals surface area contributed by atoms with E-state index in [2.05, 4.69) is 16.0 Å². The third kappa shape index (κ3) is 5.12. The number of carbonyl (C=O) groups is 4. The van der Waals surface area contributed by atoms with Gasteiger partial charge >= 0.3 is 12.0 Å². The molecule has 9 nitrogen and oxygen atoms in total. The summed E-state index contributed by atoms with van der Waals surface area (Å²) in [6.07, 6.45) is 0. The Kier molecular flexibility index (Phi) is 7.14. The SMILES string of the molecule is CC(NC(=O)c1ccc2c(c1)NC(=O)C(c1ccccc1)N2C(=O)Nc1ccc(Cl)c(Cl)c1)C(=O)O. The maximum Gasteiger partial charge on any atom is 0.327 e. The lowest BCUT2D eigenvalue weighted by atomic mass is 9.99. The molecule has 184 valence electrons. The van der Waals surface area contributed by atoms with Crippen molar-refractivity contribution in [3.8, 4) is 0 Å². The summed E-state index contributed by atoms with van der Waals surface area (Å²) in [7, 11) is 0. The molecule has 1 aliphatic heterocycles. The number of nitrogens with one attached hydrogen (secondary N) is 3.